The van der Waals surface area contributed by atoms with Crippen LogP contribution < -0.4 is 15.5 Å². The van der Waals surface area contributed by atoms with E-state index in [2.05, 4.69) is 25.3 Å². The molecule has 2 aromatic rings. The Kier molecular flexibility index (Phi) is 8.51. The molecule has 0 bridgehead atoms. The number of carbonyl (C=O) groups excluding carboxylic acids is 2. The maximum atomic E-state index is 13.2. The lowest BCUT2D eigenvalue weighted by Crippen LogP contribution is -2.51. The fourth-order valence-electron chi connectivity index (χ4n) is 4.34. The maximum Gasteiger partial charge on any atom is 0.309 e. The molecule has 2 aliphatic heterocycles. The van der Waals surface area contributed by atoms with Crippen molar-refractivity contribution in [3.8, 4) is 0 Å². The molecule has 2 amide bonds. The average molecular weight is 474 g/mol. The van der Waals surface area contributed by atoms with E-state index in [9.17, 15) is 14.0 Å². The first-order valence-corrected chi connectivity index (χ1v) is 11.7. The molecule has 2 N–H and O–H groups in total. The summed E-state index contributed by atoms with van der Waals surface area (Å²) < 4.78 is 24.2. The standard InChI is InChI=1S/C24H32FN5O4/c25-19-3-5-20(6-4-19)29-9-11-30(12-10-29)21(22-2-1-15-34-22)18-27-24(32)23(31)26-7-8-28-13-16-33-17-14-28/h1-6,15,21H,7-14,16-18H2,(H,26,31)(H,27,32). The summed E-state index contributed by atoms with van der Waals surface area (Å²) in [5.41, 5.74) is 0.984. The normalized spacial score (nSPS) is 18.4. The SMILES string of the molecule is O=C(NCCN1CCOCC1)C(=O)NCC(c1ccco1)N1CCN(c2ccc(F)cc2)CC1. The van der Waals surface area contributed by atoms with Crippen molar-refractivity contribution < 1.29 is 23.1 Å². The van der Waals surface area contributed by atoms with Crippen LogP contribution in [-0.2, 0) is 14.3 Å². The molecule has 0 spiro atoms. The number of hydrogen-bond donors (Lipinski definition) is 2. The van der Waals surface area contributed by atoms with Crippen LogP contribution in [0.2, 0.25) is 0 Å². The van der Waals surface area contributed by atoms with Crippen molar-refractivity contribution in [2.24, 2.45) is 0 Å². The number of benzene rings is 1. The molecule has 1 atom stereocenters. The topological polar surface area (TPSA) is 90.3 Å². The van der Waals surface area contributed by atoms with E-state index in [4.69, 9.17) is 9.15 Å². The molecule has 1 unspecified atom stereocenters. The summed E-state index contributed by atoms with van der Waals surface area (Å²) in [5, 5.41) is 5.46. The first-order valence-electron chi connectivity index (χ1n) is 11.7. The lowest BCUT2D eigenvalue weighted by Gasteiger charge is -2.39. The minimum Gasteiger partial charge on any atom is -0.468 e. The minimum absolute atomic E-state index is 0.185. The molecule has 2 fully saturated rings. The molecule has 34 heavy (non-hydrogen) atoms. The molecule has 1 aromatic carbocycles. The number of ether oxygens (including phenoxy) is 1. The van der Waals surface area contributed by atoms with Crippen LogP contribution >= 0.6 is 0 Å². The molecule has 0 aliphatic carbocycles. The van der Waals surface area contributed by atoms with E-state index in [0.29, 0.717) is 26.3 Å². The van der Waals surface area contributed by atoms with Gasteiger partial charge in [0.25, 0.3) is 0 Å². The zero-order valence-electron chi connectivity index (χ0n) is 19.2. The van der Waals surface area contributed by atoms with Gasteiger partial charge in [-0.15, -0.1) is 0 Å². The van der Waals surface area contributed by atoms with E-state index < -0.39 is 11.8 Å². The van der Waals surface area contributed by atoms with Crippen molar-refractivity contribution in [1.29, 1.82) is 0 Å². The largest absolute Gasteiger partial charge is 0.468 e. The van der Waals surface area contributed by atoms with Crippen LogP contribution in [0.1, 0.15) is 11.8 Å². The zero-order chi connectivity index (χ0) is 23.8. The molecule has 0 saturated carbocycles. The van der Waals surface area contributed by atoms with E-state index in [1.807, 2.05) is 12.1 Å². The van der Waals surface area contributed by atoms with Gasteiger partial charge in [-0.25, -0.2) is 4.39 Å². The summed E-state index contributed by atoms with van der Waals surface area (Å²) >= 11 is 0. The number of nitrogens with one attached hydrogen (secondary N) is 2. The Balaban J connectivity index is 1.26. The number of halogens is 1. The Bertz CT molecular complexity index is 910. The average Bonchev–Trinajstić information content (AvgIpc) is 3.40. The van der Waals surface area contributed by atoms with Gasteiger partial charge >= 0.3 is 11.8 Å². The van der Waals surface area contributed by atoms with Crippen LogP contribution in [0.15, 0.2) is 47.1 Å². The second-order valence-corrected chi connectivity index (χ2v) is 8.45. The first-order chi connectivity index (χ1) is 16.6. The van der Waals surface area contributed by atoms with Gasteiger partial charge in [0.1, 0.15) is 11.6 Å². The molecule has 3 heterocycles. The van der Waals surface area contributed by atoms with E-state index in [1.54, 1.807) is 18.4 Å². The van der Waals surface area contributed by atoms with Crippen molar-refractivity contribution in [2.45, 2.75) is 6.04 Å². The lowest BCUT2D eigenvalue weighted by molar-refractivity contribution is -0.139. The highest BCUT2D eigenvalue weighted by molar-refractivity contribution is 6.35. The molecule has 4 rings (SSSR count). The van der Waals surface area contributed by atoms with E-state index in [-0.39, 0.29) is 18.4 Å². The number of piperazine rings is 1. The highest BCUT2D eigenvalue weighted by atomic mass is 19.1. The number of nitrogens with zero attached hydrogens (tertiary/aromatic N) is 3. The van der Waals surface area contributed by atoms with Crippen LogP contribution in [0, 0.1) is 5.82 Å². The highest BCUT2D eigenvalue weighted by Crippen LogP contribution is 2.24. The monoisotopic (exact) mass is 473 g/mol. The predicted octanol–water partition coefficient (Wildman–Crippen LogP) is 0.847. The van der Waals surface area contributed by atoms with Crippen molar-refractivity contribution in [2.75, 3.05) is 77.0 Å². The highest BCUT2D eigenvalue weighted by Gasteiger charge is 2.28. The first kappa shape index (κ1) is 24.2. The molecular formula is C24H32FN5O4. The molecule has 1 aromatic heterocycles. The van der Waals surface area contributed by atoms with Gasteiger partial charge in [-0.3, -0.25) is 19.4 Å². The fraction of sp³-hybridized carbons (Fsp3) is 0.500. The number of carbonyl (C=O) groups is 2. The van der Waals surface area contributed by atoms with Gasteiger partial charge < -0.3 is 24.7 Å². The molecular weight excluding hydrogens is 441 g/mol. The second kappa shape index (κ2) is 12.0. The van der Waals surface area contributed by atoms with Gasteiger partial charge in [0.15, 0.2) is 0 Å². The van der Waals surface area contributed by atoms with Crippen molar-refractivity contribution >= 4 is 17.5 Å². The summed E-state index contributed by atoms with van der Waals surface area (Å²) in [5.74, 6) is -0.791. The van der Waals surface area contributed by atoms with Gasteiger partial charge in [0.2, 0.25) is 0 Å². The van der Waals surface area contributed by atoms with Crippen LogP contribution in [-0.4, -0.2) is 93.7 Å². The minimum atomic E-state index is -0.650. The second-order valence-electron chi connectivity index (χ2n) is 8.45. The summed E-state index contributed by atoms with van der Waals surface area (Å²) in [4.78, 5) is 31.3. The third kappa shape index (κ3) is 6.55. The summed E-state index contributed by atoms with van der Waals surface area (Å²) in [6, 6.07) is 10.0. The van der Waals surface area contributed by atoms with Crippen LogP contribution in [0.5, 0.6) is 0 Å². The van der Waals surface area contributed by atoms with Crippen LogP contribution in [0.3, 0.4) is 0 Å². The Hall–Kier alpha value is -2.95. The van der Waals surface area contributed by atoms with Gasteiger partial charge in [0, 0.05) is 64.6 Å². The molecule has 184 valence electrons. The third-order valence-corrected chi connectivity index (χ3v) is 6.30. The van der Waals surface area contributed by atoms with Crippen molar-refractivity contribution in [3.05, 3.63) is 54.2 Å². The van der Waals surface area contributed by atoms with Crippen molar-refractivity contribution in [3.63, 3.8) is 0 Å². The molecule has 10 heteroatoms. The van der Waals surface area contributed by atoms with E-state index >= 15 is 0 Å². The van der Waals surface area contributed by atoms with E-state index in [0.717, 1.165) is 50.7 Å². The fourth-order valence-corrected chi connectivity index (χ4v) is 4.34. The van der Waals surface area contributed by atoms with Gasteiger partial charge in [-0.2, -0.15) is 0 Å². The Morgan fingerprint density at radius 3 is 2.32 bits per heavy atom. The number of anilines is 1. The Morgan fingerprint density at radius 1 is 0.941 bits per heavy atom. The van der Waals surface area contributed by atoms with Crippen LogP contribution in [0.25, 0.3) is 0 Å². The van der Waals surface area contributed by atoms with Gasteiger partial charge in [-0.1, -0.05) is 0 Å². The summed E-state index contributed by atoms with van der Waals surface area (Å²) in [7, 11) is 0. The summed E-state index contributed by atoms with van der Waals surface area (Å²) in [6.07, 6.45) is 1.61. The number of morpholine rings is 1. The van der Waals surface area contributed by atoms with Crippen molar-refractivity contribution in [1.82, 2.24) is 20.4 Å². The lowest BCUT2D eigenvalue weighted by atomic mass is 10.1. The molecule has 2 saturated heterocycles. The Labute approximate surface area is 198 Å². The van der Waals surface area contributed by atoms with Gasteiger partial charge in [0.05, 0.1) is 25.5 Å². The maximum absolute atomic E-state index is 13.2. The quantitative estimate of drug-likeness (QED) is 0.550. The number of amides is 2. The zero-order valence-corrected chi connectivity index (χ0v) is 19.2. The predicted molar refractivity (Wildman–Crippen MR) is 125 cm³/mol. The number of rotatable bonds is 8. The third-order valence-electron chi connectivity index (χ3n) is 6.30. The summed E-state index contributed by atoms with van der Waals surface area (Å²) in [6.45, 7) is 7.44. The number of hydrogen-bond acceptors (Lipinski definition) is 7. The Morgan fingerprint density at radius 2 is 1.65 bits per heavy atom. The van der Waals surface area contributed by atoms with Gasteiger partial charge in [-0.05, 0) is 36.4 Å². The molecule has 9 nitrogen and oxygen atoms in total. The number of furan rings is 1. The molecule has 0 radical (unpaired) electrons. The van der Waals surface area contributed by atoms with E-state index in [1.165, 1.54) is 12.1 Å². The van der Waals surface area contributed by atoms with Crippen LogP contribution in [0.4, 0.5) is 10.1 Å². The smallest absolute Gasteiger partial charge is 0.309 e. The molecule has 2 aliphatic rings.